The molecule has 1 rings (SSSR count). The summed E-state index contributed by atoms with van der Waals surface area (Å²) in [5.74, 6) is 0.538. The van der Waals surface area contributed by atoms with Crippen LogP contribution in [-0.2, 0) is 6.54 Å². The van der Waals surface area contributed by atoms with E-state index >= 15 is 0 Å². The van der Waals surface area contributed by atoms with Crippen LogP contribution in [0.5, 0.6) is 5.75 Å². The van der Waals surface area contributed by atoms with Gasteiger partial charge in [0.05, 0.1) is 12.1 Å². The lowest BCUT2D eigenvalue weighted by Crippen LogP contribution is -2.06. The normalized spacial score (nSPS) is 10.2. The minimum atomic E-state index is 0.256. The third-order valence-corrected chi connectivity index (χ3v) is 2.24. The Hall–Kier alpha value is -0.480. The lowest BCUT2D eigenvalue weighted by molar-refractivity contribution is 0.161. The topological polar surface area (TPSA) is 41.5 Å². The summed E-state index contributed by atoms with van der Waals surface area (Å²) in [5, 5.41) is 9.44. The zero-order chi connectivity index (χ0) is 9.84. The zero-order valence-electron chi connectivity index (χ0n) is 6.97. The van der Waals surface area contributed by atoms with Gasteiger partial charge in [0.15, 0.2) is 0 Å². The Kier molecular flexibility index (Phi) is 3.81. The highest BCUT2D eigenvalue weighted by molar-refractivity contribution is 6.36. The van der Waals surface area contributed by atoms with E-state index in [4.69, 9.17) is 33.1 Å². The van der Waals surface area contributed by atoms with Crippen LogP contribution in [0.2, 0.25) is 10.0 Å². The van der Waals surface area contributed by atoms with Crippen LogP contribution in [0.3, 0.4) is 0 Å². The van der Waals surface area contributed by atoms with Gasteiger partial charge in [-0.3, -0.25) is 0 Å². The number of benzene rings is 1. The molecule has 13 heavy (non-hydrogen) atoms. The van der Waals surface area contributed by atoms with Gasteiger partial charge in [0.25, 0.3) is 0 Å². The summed E-state index contributed by atoms with van der Waals surface area (Å²) in [6.45, 7) is 0.256. The van der Waals surface area contributed by atoms with Gasteiger partial charge >= 0.3 is 0 Å². The molecule has 3 nitrogen and oxygen atoms in total. The number of ether oxygens (including phenoxy) is 1. The van der Waals surface area contributed by atoms with Gasteiger partial charge in [0, 0.05) is 11.6 Å². The van der Waals surface area contributed by atoms with E-state index in [0.29, 0.717) is 15.8 Å². The molecule has 0 heterocycles. The minimum Gasteiger partial charge on any atom is -0.495 e. The van der Waals surface area contributed by atoms with Crippen molar-refractivity contribution >= 4 is 23.2 Å². The standard InChI is InChI=1S/C8H9Cl2NO2/c1-13-8-2-5(4-11-12)6(9)3-7(8)10/h2-3,11-12H,4H2,1H3. The van der Waals surface area contributed by atoms with Crippen LogP contribution >= 0.6 is 23.2 Å². The molecule has 1 aromatic rings. The molecule has 0 saturated heterocycles. The Morgan fingerprint density at radius 1 is 1.38 bits per heavy atom. The van der Waals surface area contributed by atoms with Crippen LogP contribution in [0.25, 0.3) is 0 Å². The first-order chi connectivity index (χ1) is 6.19. The quantitative estimate of drug-likeness (QED) is 0.772. The highest BCUT2D eigenvalue weighted by Crippen LogP contribution is 2.30. The molecule has 5 heteroatoms. The van der Waals surface area contributed by atoms with E-state index in [9.17, 15) is 0 Å². The molecule has 0 amide bonds. The van der Waals surface area contributed by atoms with Crippen LogP contribution in [0.4, 0.5) is 0 Å². The molecule has 1 aromatic carbocycles. The van der Waals surface area contributed by atoms with Gasteiger partial charge in [-0.15, -0.1) is 0 Å². The lowest BCUT2D eigenvalue weighted by Gasteiger charge is -2.07. The molecule has 0 unspecified atom stereocenters. The average Bonchev–Trinajstić information content (AvgIpc) is 2.10. The Labute approximate surface area is 86.2 Å². The molecule has 0 saturated carbocycles. The van der Waals surface area contributed by atoms with Crippen LogP contribution in [0.1, 0.15) is 5.56 Å². The second-order valence-corrected chi connectivity index (χ2v) is 3.23. The summed E-state index contributed by atoms with van der Waals surface area (Å²) >= 11 is 11.7. The maximum atomic E-state index is 8.49. The van der Waals surface area contributed by atoms with E-state index in [1.807, 2.05) is 5.48 Å². The molecule has 0 bridgehead atoms. The molecule has 0 fully saturated rings. The van der Waals surface area contributed by atoms with Crippen LogP contribution < -0.4 is 10.2 Å². The van der Waals surface area contributed by atoms with Crippen LogP contribution in [-0.4, -0.2) is 12.3 Å². The molecule has 2 N–H and O–H groups in total. The smallest absolute Gasteiger partial charge is 0.137 e. The average molecular weight is 222 g/mol. The predicted octanol–water partition coefficient (Wildman–Crippen LogP) is 2.48. The Bertz CT molecular complexity index is 304. The summed E-state index contributed by atoms with van der Waals surface area (Å²) < 4.78 is 4.99. The number of halogens is 2. The number of hydrogen-bond donors (Lipinski definition) is 2. The highest BCUT2D eigenvalue weighted by atomic mass is 35.5. The van der Waals surface area contributed by atoms with E-state index in [1.165, 1.54) is 7.11 Å². The van der Waals surface area contributed by atoms with Gasteiger partial charge in [-0.2, -0.15) is 0 Å². The first kappa shape index (κ1) is 10.6. The maximum absolute atomic E-state index is 8.49. The SMILES string of the molecule is COc1cc(CNO)c(Cl)cc1Cl. The molecular formula is C8H9Cl2NO2. The zero-order valence-corrected chi connectivity index (χ0v) is 8.49. The van der Waals surface area contributed by atoms with Crippen molar-refractivity contribution in [3.05, 3.63) is 27.7 Å². The van der Waals surface area contributed by atoms with Gasteiger partial charge < -0.3 is 9.94 Å². The molecule has 0 aliphatic heterocycles. The van der Waals surface area contributed by atoms with E-state index in [0.717, 1.165) is 5.56 Å². The first-order valence-corrected chi connectivity index (χ1v) is 4.33. The second kappa shape index (κ2) is 4.67. The maximum Gasteiger partial charge on any atom is 0.137 e. The molecule has 0 aliphatic rings. The van der Waals surface area contributed by atoms with Gasteiger partial charge in [-0.05, 0) is 17.7 Å². The number of rotatable bonds is 3. The van der Waals surface area contributed by atoms with E-state index in [-0.39, 0.29) is 6.54 Å². The fourth-order valence-corrected chi connectivity index (χ4v) is 1.48. The summed E-state index contributed by atoms with van der Waals surface area (Å²) in [4.78, 5) is 0. The lowest BCUT2D eigenvalue weighted by atomic mass is 10.2. The third kappa shape index (κ3) is 2.48. The number of methoxy groups -OCH3 is 1. The summed E-state index contributed by atoms with van der Waals surface area (Å²) in [5.41, 5.74) is 2.74. The van der Waals surface area contributed by atoms with Crippen molar-refractivity contribution in [1.29, 1.82) is 0 Å². The molecule has 72 valence electrons. The van der Waals surface area contributed by atoms with E-state index in [1.54, 1.807) is 12.1 Å². The van der Waals surface area contributed by atoms with Gasteiger partial charge in [0.2, 0.25) is 0 Å². The van der Waals surface area contributed by atoms with Crippen molar-refractivity contribution in [1.82, 2.24) is 5.48 Å². The monoisotopic (exact) mass is 221 g/mol. The van der Waals surface area contributed by atoms with Crippen LogP contribution in [0, 0.1) is 0 Å². The summed E-state index contributed by atoms with van der Waals surface area (Å²) in [6, 6.07) is 3.25. The second-order valence-electron chi connectivity index (χ2n) is 2.41. The Balaban J connectivity index is 3.06. The van der Waals surface area contributed by atoms with Gasteiger partial charge in [-0.25, -0.2) is 5.48 Å². The van der Waals surface area contributed by atoms with Crippen molar-refractivity contribution in [2.24, 2.45) is 0 Å². The first-order valence-electron chi connectivity index (χ1n) is 3.58. The summed E-state index contributed by atoms with van der Waals surface area (Å²) in [6.07, 6.45) is 0. The molecule has 0 spiro atoms. The number of hydrogen-bond acceptors (Lipinski definition) is 3. The van der Waals surface area contributed by atoms with Crippen LogP contribution in [0.15, 0.2) is 12.1 Å². The third-order valence-electron chi connectivity index (χ3n) is 1.59. The van der Waals surface area contributed by atoms with Crippen molar-refractivity contribution in [3.8, 4) is 5.75 Å². The molecule has 0 aliphatic carbocycles. The number of nitrogens with one attached hydrogen (secondary N) is 1. The van der Waals surface area contributed by atoms with Crippen molar-refractivity contribution in [2.75, 3.05) is 7.11 Å². The molecule has 0 radical (unpaired) electrons. The van der Waals surface area contributed by atoms with Crippen molar-refractivity contribution in [2.45, 2.75) is 6.54 Å². The minimum absolute atomic E-state index is 0.256. The largest absolute Gasteiger partial charge is 0.495 e. The van der Waals surface area contributed by atoms with Crippen molar-refractivity contribution in [3.63, 3.8) is 0 Å². The van der Waals surface area contributed by atoms with Crippen molar-refractivity contribution < 1.29 is 9.94 Å². The van der Waals surface area contributed by atoms with Gasteiger partial charge in [0.1, 0.15) is 5.75 Å². The molecular weight excluding hydrogens is 213 g/mol. The fraction of sp³-hybridized carbons (Fsp3) is 0.250. The Morgan fingerprint density at radius 2 is 2.08 bits per heavy atom. The Morgan fingerprint density at radius 3 is 2.62 bits per heavy atom. The predicted molar refractivity (Wildman–Crippen MR) is 51.6 cm³/mol. The number of hydroxylamine groups is 1. The van der Waals surface area contributed by atoms with E-state index in [2.05, 4.69) is 0 Å². The summed E-state index contributed by atoms with van der Waals surface area (Å²) in [7, 11) is 1.52. The molecule has 0 aromatic heterocycles. The van der Waals surface area contributed by atoms with E-state index < -0.39 is 0 Å². The highest BCUT2D eigenvalue weighted by Gasteiger charge is 2.06. The molecule has 0 atom stereocenters. The van der Waals surface area contributed by atoms with Gasteiger partial charge in [-0.1, -0.05) is 23.2 Å². The fourth-order valence-electron chi connectivity index (χ4n) is 0.948.